The van der Waals surface area contributed by atoms with Gasteiger partial charge in [-0.2, -0.15) is 65.9 Å². The number of hydrogen-bond donors (Lipinski definition) is 0. The molecule has 0 fully saturated rings. The molecule has 0 aromatic heterocycles. The second kappa shape index (κ2) is 28.3. The maximum atomic E-state index is 15.1. The second-order valence-corrected chi connectivity index (χ2v) is 18.0. The summed E-state index contributed by atoms with van der Waals surface area (Å²) in [5.41, 5.74) is 0. The van der Waals surface area contributed by atoms with Crippen molar-refractivity contribution in [3.63, 3.8) is 0 Å². The normalized spacial score (nSPS) is 12.1. The first kappa shape index (κ1) is 67.4. The van der Waals surface area contributed by atoms with Crippen LogP contribution in [0.25, 0.3) is 0 Å². The van der Waals surface area contributed by atoms with Crippen LogP contribution in [0, 0.1) is 64.0 Å². The summed E-state index contributed by atoms with van der Waals surface area (Å²) >= 11 is 0. The number of carbonyl (C=O) groups is 3. The number of ether oxygens (including phenoxy) is 8. The Bertz CT molecular complexity index is 2520. The van der Waals surface area contributed by atoms with Gasteiger partial charge in [0.05, 0.1) is 66.8 Å². The summed E-state index contributed by atoms with van der Waals surface area (Å²) in [5, 5.41) is 32.2. The number of aliphatic carboxylic acids is 3. The van der Waals surface area contributed by atoms with Crippen LogP contribution in [0.1, 0.15) is 0 Å². The Kier molecular flexibility index (Phi) is 24.4. The molecule has 78 heavy (non-hydrogen) atoms. The highest BCUT2D eigenvalue weighted by atomic mass is 19.3. The molecule has 0 saturated carbocycles. The monoisotopic (exact) mass is 1170 g/mol. The average Bonchev–Trinajstić information content (AvgIpc) is 3.30. The molecule has 0 atom stereocenters. The van der Waals surface area contributed by atoms with Gasteiger partial charge in [0, 0.05) is 0 Å². The number of carbonyl (C=O) groups excluding carboxylic acids is 3. The van der Waals surface area contributed by atoms with E-state index in [2.05, 4.69) is 28.4 Å². The lowest BCUT2D eigenvalue weighted by Gasteiger charge is -2.30. The number of carboxylic acids is 3. The third-order valence-corrected chi connectivity index (χ3v) is 9.89. The van der Waals surface area contributed by atoms with Gasteiger partial charge in [-0.1, -0.05) is 0 Å². The fourth-order valence-electron chi connectivity index (χ4n) is 5.98. The molecule has 17 nitrogen and oxygen atoms in total. The van der Waals surface area contributed by atoms with Gasteiger partial charge in [0.2, 0.25) is 82.3 Å². The fraction of sp³-hybridized carbons (Fsp3) is 0.523. The summed E-state index contributed by atoms with van der Waals surface area (Å²) in [6, 6.07) is 0. The van der Waals surface area contributed by atoms with Gasteiger partial charge < -0.3 is 81.0 Å². The molecule has 0 amide bonds. The molecular weight excluding hydrogens is 1120 g/mol. The van der Waals surface area contributed by atoms with Crippen molar-refractivity contribution in [3.05, 3.63) is 64.0 Å². The van der Waals surface area contributed by atoms with Crippen LogP contribution in [-0.4, -0.2) is 185 Å². The zero-order chi connectivity index (χ0) is 59.9. The van der Waals surface area contributed by atoms with Gasteiger partial charge >= 0.3 is 12.0 Å². The molecule has 0 aliphatic rings. The molecule has 3 rings (SSSR count). The number of carboxylic acid groups (broad SMARTS) is 3. The summed E-state index contributed by atoms with van der Waals surface area (Å²) in [4.78, 5) is 32.2. The Morgan fingerprint density at radius 1 is 0.385 bits per heavy atom. The van der Waals surface area contributed by atoms with Crippen molar-refractivity contribution in [3.8, 4) is 40.2 Å². The van der Waals surface area contributed by atoms with Crippen LogP contribution in [0.5, 0.6) is 40.2 Å². The molecule has 34 heteroatoms. The third kappa shape index (κ3) is 20.0. The topological polar surface area (TPSA) is 194 Å². The van der Waals surface area contributed by atoms with Gasteiger partial charge in [-0.15, -0.1) is 0 Å². The van der Waals surface area contributed by atoms with E-state index in [0.29, 0.717) is 0 Å². The van der Waals surface area contributed by atoms with E-state index in [1.807, 2.05) is 0 Å². The SMILES string of the molecule is C[N+](C)(CCOc1c(F)c(F)c(OCC(F)(F)COc2c(F)c(F)c(OCF)c(OCC[N+](C)(C)CC(=O)[O-])c2F)c(F)c1F)CC(=O)[O-].C[N+](C)(CCOc1c(F)c(F)c(OCC(F)(F)OCCF)c(F)c1F)CC(=O)[O-]. The Labute approximate surface area is 431 Å². The van der Waals surface area contributed by atoms with E-state index in [-0.39, 0.29) is 33.1 Å². The van der Waals surface area contributed by atoms with E-state index in [4.69, 9.17) is 9.47 Å². The summed E-state index contributed by atoms with van der Waals surface area (Å²) in [7, 11) is 8.31. The van der Waals surface area contributed by atoms with Gasteiger partial charge in [-0.3, -0.25) is 0 Å². The van der Waals surface area contributed by atoms with E-state index in [0.717, 1.165) is 0 Å². The number of alkyl halides is 6. The fourth-order valence-corrected chi connectivity index (χ4v) is 5.98. The predicted molar refractivity (Wildman–Crippen MR) is 221 cm³/mol. The standard InChI is InChI=1S/C28H30F10N2O9.C16H18F7NO5/c1-39(2,9-14(41)42)5-7-45-23-16(30)18(32)24(19(33)17(23)31)47-11-28(37,38)12-48-25-20(34)21(35)26(49-13-29)27(22(25)36)46-8-6-40(3,4)10-15(43)44;1-24(2,7-9(25)26)4-6-27-14-10(18)12(20)15(13(21)11(14)19)28-8-16(22,23)29-5-3-17/h5-13H2,1-4H3;3-8H2,1-2H3. The minimum absolute atomic E-state index is 0.132. The summed E-state index contributed by atoms with van der Waals surface area (Å²) in [6.45, 7) is -14.3. The van der Waals surface area contributed by atoms with E-state index in [1.54, 1.807) is 0 Å². The molecule has 0 saturated heterocycles. The summed E-state index contributed by atoms with van der Waals surface area (Å²) in [6.07, 6.45) is -4.17. The average molecular weight is 1170 g/mol. The zero-order valence-corrected chi connectivity index (χ0v) is 41.6. The van der Waals surface area contributed by atoms with Crippen molar-refractivity contribution in [1.82, 2.24) is 0 Å². The molecule has 0 N–H and O–H groups in total. The smallest absolute Gasteiger partial charge is 0.389 e. The molecule has 0 heterocycles. The van der Waals surface area contributed by atoms with Crippen LogP contribution < -0.4 is 48.5 Å². The van der Waals surface area contributed by atoms with Crippen LogP contribution in [-0.2, 0) is 19.1 Å². The van der Waals surface area contributed by atoms with Gasteiger partial charge in [0.25, 0.3) is 0 Å². The van der Waals surface area contributed by atoms with Crippen molar-refractivity contribution in [2.45, 2.75) is 12.0 Å². The molecule has 3 aromatic carbocycles. The quantitative estimate of drug-likeness (QED) is 0.0504. The highest BCUT2D eigenvalue weighted by molar-refractivity contribution is 5.66. The highest BCUT2D eigenvalue weighted by Crippen LogP contribution is 2.43. The van der Waals surface area contributed by atoms with E-state index in [9.17, 15) is 99.9 Å². The largest absolute Gasteiger partial charge is 0.544 e. The minimum atomic E-state index is -4.46. The van der Waals surface area contributed by atoms with E-state index >= 15 is 4.39 Å². The molecular formula is C44H48F17N3O14. The maximum Gasteiger partial charge on any atom is 0.389 e. The second-order valence-electron chi connectivity index (χ2n) is 18.0. The lowest BCUT2D eigenvalue weighted by atomic mass is 10.2. The van der Waals surface area contributed by atoms with Crippen molar-refractivity contribution in [1.29, 1.82) is 0 Å². The number of benzene rings is 3. The number of quaternary nitrogens is 3. The minimum Gasteiger partial charge on any atom is -0.544 e. The van der Waals surface area contributed by atoms with Crippen molar-refractivity contribution in [2.24, 2.45) is 0 Å². The molecule has 0 unspecified atom stereocenters. The van der Waals surface area contributed by atoms with Crippen molar-refractivity contribution >= 4 is 17.9 Å². The Hall–Kier alpha value is -6.68. The molecule has 0 bridgehead atoms. The number of nitrogens with zero attached hydrogens (tertiary/aromatic N) is 3. The Morgan fingerprint density at radius 2 is 0.641 bits per heavy atom. The molecule has 3 aromatic rings. The molecule has 442 valence electrons. The number of hydrogen-bond acceptors (Lipinski definition) is 14. The number of likely N-dealkylation sites (N-methyl/N-ethyl adjacent to an activating group) is 3. The first-order valence-electron chi connectivity index (χ1n) is 21.7. The van der Waals surface area contributed by atoms with Gasteiger partial charge in [0.1, 0.15) is 65.8 Å². The first-order valence-corrected chi connectivity index (χ1v) is 21.7. The number of rotatable bonds is 32. The van der Waals surface area contributed by atoms with Crippen molar-refractivity contribution in [2.75, 3.05) is 141 Å². The Morgan fingerprint density at radius 3 is 0.936 bits per heavy atom. The zero-order valence-electron chi connectivity index (χ0n) is 41.6. The lowest BCUT2D eigenvalue weighted by Crippen LogP contribution is -2.50. The first-order chi connectivity index (χ1) is 35.8. The van der Waals surface area contributed by atoms with Crippen LogP contribution in [0.15, 0.2) is 0 Å². The molecule has 0 radical (unpaired) electrons. The third-order valence-electron chi connectivity index (χ3n) is 9.89. The number of halogens is 17. The van der Waals surface area contributed by atoms with Gasteiger partial charge in [-0.25, -0.2) is 8.78 Å². The van der Waals surface area contributed by atoms with Crippen LogP contribution in [0.2, 0.25) is 0 Å². The molecule has 0 aliphatic heterocycles. The molecule has 0 spiro atoms. The summed E-state index contributed by atoms with van der Waals surface area (Å²) in [5.74, 6) is -44.2. The van der Waals surface area contributed by atoms with Gasteiger partial charge in [0.15, 0.2) is 48.6 Å². The molecule has 0 aliphatic carbocycles. The van der Waals surface area contributed by atoms with Crippen LogP contribution >= 0.6 is 0 Å². The van der Waals surface area contributed by atoms with E-state index < -0.39 is 214 Å². The van der Waals surface area contributed by atoms with Crippen LogP contribution in [0.4, 0.5) is 74.6 Å². The summed E-state index contributed by atoms with van der Waals surface area (Å²) < 4.78 is 272. The van der Waals surface area contributed by atoms with Crippen molar-refractivity contribution < 1.29 is 156 Å². The van der Waals surface area contributed by atoms with E-state index in [1.165, 1.54) is 42.3 Å². The highest BCUT2D eigenvalue weighted by Gasteiger charge is 2.39. The lowest BCUT2D eigenvalue weighted by molar-refractivity contribution is -0.884. The van der Waals surface area contributed by atoms with Gasteiger partial charge in [-0.05, 0) is 0 Å². The maximum absolute atomic E-state index is 15.1. The predicted octanol–water partition coefficient (Wildman–Crippen LogP) is 2.88. The Balaban J connectivity index is 0.000000610. The van der Waals surface area contributed by atoms with Crippen LogP contribution in [0.3, 0.4) is 0 Å².